The molecule has 0 saturated heterocycles. The highest BCUT2D eigenvalue weighted by Gasteiger charge is 2.07. The van der Waals surface area contributed by atoms with E-state index in [-0.39, 0.29) is 12.0 Å². The summed E-state index contributed by atoms with van der Waals surface area (Å²) in [5.41, 5.74) is 9.31. The second-order valence-electron chi connectivity index (χ2n) is 5.73. The lowest BCUT2D eigenvalue weighted by atomic mass is 10.0. The number of benzene rings is 2. The standard InChI is InChI=1S/C21H24N2O2/c1-16-12-14-17(15-13-16)20(25-2)10-4-3-5-11-21(24)23-19-9-7-6-8-18(19)22/h3-9,11-15,20H,10,22H2,1-2H3,(H,23,24)/b4-3+,11-5+. The molecule has 2 rings (SSSR count). The highest BCUT2D eigenvalue weighted by atomic mass is 16.5. The quantitative estimate of drug-likeness (QED) is 0.447. The van der Waals surface area contributed by atoms with Gasteiger partial charge >= 0.3 is 0 Å². The van der Waals surface area contributed by atoms with E-state index in [4.69, 9.17) is 10.5 Å². The zero-order valence-electron chi connectivity index (χ0n) is 14.6. The fourth-order valence-electron chi connectivity index (χ4n) is 2.36. The average Bonchev–Trinajstić information content (AvgIpc) is 2.61. The molecule has 4 nitrogen and oxygen atoms in total. The van der Waals surface area contributed by atoms with E-state index in [2.05, 4.69) is 36.5 Å². The minimum absolute atomic E-state index is 0.00296. The number of nitrogens with two attached hydrogens (primary N) is 1. The second kappa shape index (κ2) is 9.45. The Morgan fingerprint density at radius 1 is 1.16 bits per heavy atom. The number of methoxy groups -OCH3 is 1. The third-order valence-electron chi connectivity index (χ3n) is 3.80. The summed E-state index contributed by atoms with van der Waals surface area (Å²) < 4.78 is 5.53. The highest BCUT2D eigenvalue weighted by molar-refractivity contribution is 6.01. The van der Waals surface area contributed by atoms with Gasteiger partial charge in [0.2, 0.25) is 5.91 Å². The fraction of sp³-hybridized carbons (Fsp3) is 0.190. The van der Waals surface area contributed by atoms with Crippen LogP contribution in [0.4, 0.5) is 11.4 Å². The molecule has 1 atom stereocenters. The molecule has 3 N–H and O–H groups in total. The molecule has 0 aromatic heterocycles. The Labute approximate surface area is 149 Å². The third kappa shape index (κ3) is 5.94. The summed E-state index contributed by atoms with van der Waals surface area (Å²) in [5, 5.41) is 2.74. The van der Waals surface area contributed by atoms with Crippen molar-refractivity contribution >= 4 is 17.3 Å². The summed E-state index contributed by atoms with van der Waals surface area (Å²) in [4.78, 5) is 11.9. The largest absolute Gasteiger partial charge is 0.397 e. The summed E-state index contributed by atoms with van der Waals surface area (Å²) >= 11 is 0. The monoisotopic (exact) mass is 336 g/mol. The van der Waals surface area contributed by atoms with Gasteiger partial charge in [0.15, 0.2) is 0 Å². The van der Waals surface area contributed by atoms with Crippen LogP contribution >= 0.6 is 0 Å². The number of rotatable bonds is 7. The molecule has 0 heterocycles. The maximum Gasteiger partial charge on any atom is 0.248 e. The van der Waals surface area contributed by atoms with Gasteiger partial charge in [-0.1, -0.05) is 60.2 Å². The maximum atomic E-state index is 11.9. The van der Waals surface area contributed by atoms with Gasteiger partial charge < -0.3 is 15.8 Å². The first-order valence-electron chi connectivity index (χ1n) is 8.18. The molecule has 2 aromatic carbocycles. The molecule has 0 aliphatic heterocycles. The number of anilines is 2. The van der Waals surface area contributed by atoms with Crippen molar-refractivity contribution in [1.29, 1.82) is 0 Å². The number of ether oxygens (including phenoxy) is 1. The summed E-state index contributed by atoms with van der Waals surface area (Å²) in [6.07, 6.45) is 7.73. The first kappa shape index (κ1) is 18.5. The van der Waals surface area contributed by atoms with Gasteiger partial charge in [0.05, 0.1) is 17.5 Å². The first-order chi connectivity index (χ1) is 12.1. The number of carbonyl (C=O) groups excluding carboxylic acids is 1. The van der Waals surface area contributed by atoms with Crippen LogP contribution in [-0.2, 0) is 9.53 Å². The van der Waals surface area contributed by atoms with Gasteiger partial charge in [0.25, 0.3) is 0 Å². The fourth-order valence-corrected chi connectivity index (χ4v) is 2.36. The smallest absolute Gasteiger partial charge is 0.248 e. The minimum Gasteiger partial charge on any atom is -0.397 e. The number of aryl methyl sites for hydroxylation is 1. The Morgan fingerprint density at radius 3 is 2.56 bits per heavy atom. The molecule has 1 amide bonds. The van der Waals surface area contributed by atoms with Gasteiger partial charge in [-0.15, -0.1) is 0 Å². The van der Waals surface area contributed by atoms with Gasteiger partial charge in [-0.2, -0.15) is 0 Å². The van der Waals surface area contributed by atoms with Gasteiger partial charge in [-0.3, -0.25) is 4.79 Å². The van der Waals surface area contributed by atoms with Crippen molar-refractivity contribution < 1.29 is 9.53 Å². The number of allylic oxidation sites excluding steroid dienone is 2. The molecular weight excluding hydrogens is 312 g/mol. The zero-order valence-corrected chi connectivity index (χ0v) is 14.6. The number of nitrogen functional groups attached to an aromatic ring is 1. The third-order valence-corrected chi connectivity index (χ3v) is 3.80. The van der Waals surface area contributed by atoms with E-state index in [9.17, 15) is 4.79 Å². The Bertz CT molecular complexity index is 749. The lowest BCUT2D eigenvalue weighted by molar-refractivity contribution is -0.111. The molecule has 0 spiro atoms. The van der Waals surface area contributed by atoms with Crippen LogP contribution < -0.4 is 11.1 Å². The molecule has 0 fully saturated rings. The van der Waals surface area contributed by atoms with Crippen molar-refractivity contribution in [1.82, 2.24) is 0 Å². The van der Waals surface area contributed by atoms with Crippen molar-refractivity contribution in [2.45, 2.75) is 19.4 Å². The lowest BCUT2D eigenvalue weighted by Gasteiger charge is -2.13. The SMILES string of the molecule is COC(C/C=C/C=C/C(=O)Nc1ccccc1N)c1ccc(C)cc1. The lowest BCUT2D eigenvalue weighted by Crippen LogP contribution is -2.09. The van der Waals surface area contributed by atoms with Crippen molar-refractivity contribution in [3.63, 3.8) is 0 Å². The summed E-state index contributed by atoms with van der Waals surface area (Å²) in [7, 11) is 1.70. The number of hydrogen-bond donors (Lipinski definition) is 2. The van der Waals surface area contributed by atoms with E-state index in [0.717, 1.165) is 12.0 Å². The van der Waals surface area contributed by atoms with Crippen LogP contribution in [-0.4, -0.2) is 13.0 Å². The molecular formula is C21H24N2O2. The van der Waals surface area contributed by atoms with Crippen molar-refractivity contribution in [2.75, 3.05) is 18.2 Å². The number of amides is 1. The van der Waals surface area contributed by atoms with Crippen LogP contribution in [0, 0.1) is 6.92 Å². The molecule has 0 saturated carbocycles. The number of hydrogen-bond acceptors (Lipinski definition) is 3. The van der Waals surface area contributed by atoms with Crippen LogP contribution in [0.2, 0.25) is 0 Å². The topological polar surface area (TPSA) is 64.3 Å². The van der Waals surface area contributed by atoms with Crippen molar-refractivity contribution in [3.05, 3.63) is 84.0 Å². The molecule has 4 heteroatoms. The minimum atomic E-state index is -0.218. The molecule has 1 unspecified atom stereocenters. The van der Waals surface area contributed by atoms with Gasteiger partial charge in [-0.05, 0) is 31.0 Å². The average molecular weight is 336 g/mol. The predicted octanol–water partition coefficient (Wildman–Crippen LogP) is 4.41. The maximum absolute atomic E-state index is 11.9. The van der Waals surface area contributed by atoms with E-state index in [1.807, 2.05) is 24.3 Å². The zero-order chi connectivity index (χ0) is 18.1. The van der Waals surface area contributed by atoms with Crippen LogP contribution in [0.3, 0.4) is 0 Å². The second-order valence-corrected chi connectivity index (χ2v) is 5.73. The van der Waals surface area contributed by atoms with Crippen LogP contribution in [0.5, 0.6) is 0 Å². The molecule has 0 bridgehead atoms. The molecule has 25 heavy (non-hydrogen) atoms. The molecule has 0 aliphatic carbocycles. The Morgan fingerprint density at radius 2 is 1.88 bits per heavy atom. The van der Waals surface area contributed by atoms with Crippen molar-refractivity contribution in [3.8, 4) is 0 Å². The van der Waals surface area contributed by atoms with Crippen LogP contribution in [0.25, 0.3) is 0 Å². The summed E-state index contributed by atoms with van der Waals surface area (Å²) in [5.74, 6) is -0.218. The van der Waals surface area contributed by atoms with E-state index in [0.29, 0.717) is 11.4 Å². The van der Waals surface area contributed by atoms with E-state index in [1.54, 1.807) is 25.3 Å². The van der Waals surface area contributed by atoms with E-state index in [1.165, 1.54) is 11.6 Å². The molecule has 130 valence electrons. The van der Waals surface area contributed by atoms with Gasteiger partial charge in [0, 0.05) is 13.2 Å². The predicted molar refractivity (Wildman–Crippen MR) is 103 cm³/mol. The van der Waals surface area contributed by atoms with Crippen LogP contribution in [0.15, 0.2) is 72.8 Å². The summed E-state index contributed by atoms with van der Waals surface area (Å²) in [6, 6.07) is 15.5. The Kier molecular flexibility index (Phi) is 6.99. The highest BCUT2D eigenvalue weighted by Crippen LogP contribution is 2.21. The van der Waals surface area contributed by atoms with Gasteiger partial charge in [-0.25, -0.2) is 0 Å². The number of nitrogens with one attached hydrogen (secondary N) is 1. The Balaban J connectivity index is 1.85. The van der Waals surface area contributed by atoms with E-state index < -0.39 is 0 Å². The molecule has 0 aliphatic rings. The Hall–Kier alpha value is -2.85. The molecule has 2 aromatic rings. The first-order valence-corrected chi connectivity index (χ1v) is 8.18. The van der Waals surface area contributed by atoms with Crippen molar-refractivity contribution in [2.24, 2.45) is 0 Å². The normalized spacial score (nSPS) is 12.6. The number of para-hydroxylation sites is 2. The summed E-state index contributed by atoms with van der Waals surface area (Å²) in [6.45, 7) is 2.06. The van der Waals surface area contributed by atoms with Gasteiger partial charge in [0.1, 0.15) is 0 Å². The van der Waals surface area contributed by atoms with Crippen LogP contribution in [0.1, 0.15) is 23.7 Å². The van der Waals surface area contributed by atoms with E-state index >= 15 is 0 Å². The number of carbonyl (C=O) groups is 1. The molecule has 0 radical (unpaired) electrons.